The molecule has 0 bridgehead atoms. The van der Waals surface area contributed by atoms with E-state index in [4.69, 9.17) is 0 Å². The van der Waals surface area contributed by atoms with Gasteiger partial charge in [0.25, 0.3) is 5.91 Å². The highest BCUT2D eigenvalue weighted by molar-refractivity contribution is 7.15. The molecule has 0 saturated heterocycles. The van der Waals surface area contributed by atoms with Crippen molar-refractivity contribution < 1.29 is 9.18 Å². The van der Waals surface area contributed by atoms with E-state index in [1.54, 1.807) is 12.3 Å². The SMILES string of the molecule is Cc1csc2nc(C(=O)NCCc3nc4ccc(F)cc4[nH]3)cn12. The molecular weight excluding hydrogens is 329 g/mol. The van der Waals surface area contributed by atoms with Crippen molar-refractivity contribution in [2.75, 3.05) is 6.54 Å². The second-order valence-corrected chi connectivity index (χ2v) is 6.34. The number of hydrogen-bond acceptors (Lipinski definition) is 4. The zero-order valence-electron chi connectivity index (χ0n) is 12.8. The number of imidazole rings is 2. The molecule has 0 spiro atoms. The lowest BCUT2D eigenvalue weighted by Gasteiger charge is -2.00. The van der Waals surface area contributed by atoms with Crippen molar-refractivity contribution in [3.8, 4) is 0 Å². The number of nitrogens with zero attached hydrogens (tertiary/aromatic N) is 3. The van der Waals surface area contributed by atoms with Crippen LogP contribution in [0.15, 0.2) is 29.8 Å². The molecule has 4 rings (SSSR count). The van der Waals surface area contributed by atoms with E-state index in [2.05, 4.69) is 20.3 Å². The van der Waals surface area contributed by atoms with Crippen molar-refractivity contribution in [1.29, 1.82) is 0 Å². The quantitative estimate of drug-likeness (QED) is 0.598. The van der Waals surface area contributed by atoms with Crippen LogP contribution in [0.25, 0.3) is 16.0 Å². The molecule has 0 unspecified atom stereocenters. The summed E-state index contributed by atoms with van der Waals surface area (Å²) in [6, 6.07) is 4.41. The molecule has 122 valence electrons. The third kappa shape index (κ3) is 2.65. The summed E-state index contributed by atoms with van der Waals surface area (Å²) in [5.74, 6) is 0.186. The number of thiazole rings is 1. The zero-order valence-corrected chi connectivity index (χ0v) is 13.7. The summed E-state index contributed by atoms with van der Waals surface area (Å²) >= 11 is 1.50. The van der Waals surface area contributed by atoms with Gasteiger partial charge in [0.2, 0.25) is 0 Å². The number of aromatic amines is 1. The van der Waals surface area contributed by atoms with Crippen molar-refractivity contribution in [3.05, 3.63) is 52.8 Å². The van der Waals surface area contributed by atoms with Gasteiger partial charge in [0.05, 0.1) is 11.0 Å². The first-order valence-electron chi connectivity index (χ1n) is 7.46. The van der Waals surface area contributed by atoms with E-state index >= 15 is 0 Å². The molecule has 0 atom stereocenters. The molecule has 6 nitrogen and oxygen atoms in total. The Morgan fingerprint density at radius 3 is 3.12 bits per heavy atom. The van der Waals surface area contributed by atoms with Crippen molar-refractivity contribution in [1.82, 2.24) is 24.7 Å². The van der Waals surface area contributed by atoms with Gasteiger partial charge in [-0.05, 0) is 25.1 Å². The molecule has 0 fully saturated rings. The molecule has 1 amide bonds. The standard InChI is InChI=1S/C16H14FN5OS/c1-9-8-24-16-21-13(7-22(9)16)15(23)18-5-4-14-19-11-3-2-10(17)6-12(11)20-14/h2-3,6-8H,4-5H2,1H3,(H,18,23)(H,19,20). The maximum absolute atomic E-state index is 13.2. The Kier molecular flexibility index (Phi) is 3.53. The zero-order chi connectivity index (χ0) is 16.7. The fraction of sp³-hybridized carbons (Fsp3) is 0.188. The molecule has 1 aromatic carbocycles. The first-order chi connectivity index (χ1) is 11.6. The molecule has 24 heavy (non-hydrogen) atoms. The van der Waals surface area contributed by atoms with Gasteiger partial charge in [-0.15, -0.1) is 11.3 Å². The third-order valence-electron chi connectivity index (χ3n) is 3.76. The van der Waals surface area contributed by atoms with E-state index in [0.29, 0.717) is 35.5 Å². The Labute approximate surface area is 140 Å². The van der Waals surface area contributed by atoms with Gasteiger partial charge in [-0.3, -0.25) is 9.20 Å². The number of H-pyrrole nitrogens is 1. The van der Waals surface area contributed by atoms with Gasteiger partial charge in [-0.25, -0.2) is 14.4 Å². The highest BCUT2D eigenvalue weighted by atomic mass is 32.1. The lowest BCUT2D eigenvalue weighted by Crippen LogP contribution is -2.26. The first-order valence-corrected chi connectivity index (χ1v) is 8.33. The van der Waals surface area contributed by atoms with Gasteiger partial charge in [0, 0.05) is 30.2 Å². The number of fused-ring (bicyclic) bond motifs is 2. The van der Waals surface area contributed by atoms with E-state index in [1.807, 2.05) is 16.7 Å². The number of aryl methyl sites for hydroxylation is 1. The number of carbonyl (C=O) groups is 1. The topological polar surface area (TPSA) is 75.1 Å². The number of carbonyl (C=O) groups excluding carboxylic acids is 1. The smallest absolute Gasteiger partial charge is 0.271 e. The molecule has 0 aliphatic carbocycles. The summed E-state index contributed by atoms with van der Waals surface area (Å²) in [7, 11) is 0. The number of benzene rings is 1. The molecule has 0 aliphatic heterocycles. The minimum Gasteiger partial charge on any atom is -0.350 e. The summed E-state index contributed by atoms with van der Waals surface area (Å²) in [6.45, 7) is 2.39. The molecule has 0 saturated carbocycles. The third-order valence-corrected chi connectivity index (χ3v) is 4.72. The normalized spacial score (nSPS) is 11.4. The van der Waals surface area contributed by atoms with Gasteiger partial charge in [-0.2, -0.15) is 0 Å². The van der Waals surface area contributed by atoms with Crippen LogP contribution in [0.3, 0.4) is 0 Å². The van der Waals surface area contributed by atoms with Gasteiger partial charge in [-0.1, -0.05) is 0 Å². The maximum atomic E-state index is 13.2. The number of aromatic nitrogens is 4. The number of halogens is 1. The largest absolute Gasteiger partial charge is 0.350 e. The van der Waals surface area contributed by atoms with Crippen LogP contribution in [-0.4, -0.2) is 31.8 Å². The number of amides is 1. The molecular formula is C16H14FN5OS. The average Bonchev–Trinajstić information content (AvgIpc) is 3.22. The Hall–Kier alpha value is -2.74. The summed E-state index contributed by atoms with van der Waals surface area (Å²) in [4.78, 5) is 24.7. The van der Waals surface area contributed by atoms with E-state index in [9.17, 15) is 9.18 Å². The Bertz CT molecular complexity index is 1050. The van der Waals surface area contributed by atoms with Crippen LogP contribution in [0.4, 0.5) is 4.39 Å². The molecule has 0 aliphatic rings. The number of hydrogen-bond donors (Lipinski definition) is 2. The predicted molar refractivity (Wildman–Crippen MR) is 89.9 cm³/mol. The number of rotatable bonds is 4. The van der Waals surface area contributed by atoms with Gasteiger partial charge >= 0.3 is 0 Å². The Morgan fingerprint density at radius 2 is 2.29 bits per heavy atom. The average molecular weight is 343 g/mol. The molecule has 3 heterocycles. The molecule has 8 heteroatoms. The van der Waals surface area contributed by atoms with Crippen LogP contribution >= 0.6 is 11.3 Å². The van der Waals surface area contributed by atoms with Crippen molar-refractivity contribution in [2.45, 2.75) is 13.3 Å². The highest BCUT2D eigenvalue weighted by Gasteiger charge is 2.12. The molecule has 0 radical (unpaired) electrons. The minimum absolute atomic E-state index is 0.215. The maximum Gasteiger partial charge on any atom is 0.271 e. The summed E-state index contributed by atoms with van der Waals surface area (Å²) in [5, 5.41) is 4.82. The lowest BCUT2D eigenvalue weighted by molar-refractivity contribution is 0.0949. The Balaban J connectivity index is 1.41. The van der Waals surface area contributed by atoms with Crippen LogP contribution in [0.2, 0.25) is 0 Å². The molecule has 3 aromatic heterocycles. The minimum atomic E-state index is -0.305. The second kappa shape index (κ2) is 5.72. The fourth-order valence-corrected chi connectivity index (χ4v) is 3.39. The van der Waals surface area contributed by atoms with Crippen LogP contribution in [0, 0.1) is 12.7 Å². The van der Waals surface area contributed by atoms with Crippen molar-refractivity contribution in [3.63, 3.8) is 0 Å². The van der Waals surface area contributed by atoms with E-state index < -0.39 is 0 Å². The van der Waals surface area contributed by atoms with Crippen molar-refractivity contribution >= 4 is 33.2 Å². The fourth-order valence-electron chi connectivity index (χ4n) is 2.54. The monoisotopic (exact) mass is 343 g/mol. The van der Waals surface area contributed by atoms with Gasteiger partial charge in [0.15, 0.2) is 4.96 Å². The van der Waals surface area contributed by atoms with Gasteiger partial charge < -0.3 is 10.3 Å². The Morgan fingerprint density at radius 1 is 1.42 bits per heavy atom. The number of nitrogens with one attached hydrogen (secondary N) is 2. The second-order valence-electron chi connectivity index (χ2n) is 5.51. The van der Waals surface area contributed by atoms with E-state index in [0.717, 1.165) is 10.7 Å². The summed E-state index contributed by atoms with van der Waals surface area (Å²) in [5.41, 5.74) is 2.82. The van der Waals surface area contributed by atoms with Crippen LogP contribution in [0.5, 0.6) is 0 Å². The van der Waals surface area contributed by atoms with Crippen LogP contribution in [0.1, 0.15) is 22.0 Å². The molecule has 4 aromatic rings. The predicted octanol–water partition coefficient (Wildman–Crippen LogP) is 2.69. The van der Waals surface area contributed by atoms with Crippen molar-refractivity contribution in [2.24, 2.45) is 0 Å². The highest BCUT2D eigenvalue weighted by Crippen LogP contribution is 2.16. The lowest BCUT2D eigenvalue weighted by atomic mass is 10.3. The van der Waals surface area contributed by atoms with E-state index in [1.165, 1.54) is 23.5 Å². The summed E-state index contributed by atoms with van der Waals surface area (Å²) < 4.78 is 15.1. The summed E-state index contributed by atoms with van der Waals surface area (Å²) in [6.07, 6.45) is 2.27. The van der Waals surface area contributed by atoms with Crippen LogP contribution < -0.4 is 5.32 Å². The van der Waals surface area contributed by atoms with Gasteiger partial charge in [0.1, 0.15) is 17.3 Å². The van der Waals surface area contributed by atoms with Crippen LogP contribution in [-0.2, 0) is 6.42 Å². The van der Waals surface area contributed by atoms with E-state index in [-0.39, 0.29) is 11.7 Å². The molecule has 2 N–H and O–H groups in total. The first kappa shape index (κ1) is 14.8.